The zero-order valence-corrected chi connectivity index (χ0v) is 15.0. The fourth-order valence-corrected chi connectivity index (χ4v) is 3.80. The van der Waals surface area contributed by atoms with Gasteiger partial charge in [-0.2, -0.15) is 0 Å². The maximum absolute atomic E-state index is 14.4. The number of amides is 1. The Balaban J connectivity index is 1.91. The molecule has 0 saturated heterocycles. The van der Waals surface area contributed by atoms with E-state index in [1.807, 2.05) is 6.92 Å². The van der Waals surface area contributed by atoms with E-state index in [0.717, 1.165) is 5.75 Å². The Labute approximate surface area is 149 Å². The third kappa shape index (κ3) is 3.53. The molecule has 0 saturated carbocycles. The van der Waals surface area contributed by atoms with Crippen molar-refractivity contribution in [2.45, 2.75) is 32.7 Å². The molecule has 132 valence electrons. The van der Waals surface area contributed by atoms with E-state index >= 15 is 0 Å². The number of carbonyl (C=O) groups is 1. The molecule has 1 atom stereocenters. The molecule has 0 radical (unpaired) electrons. The zero-order valence-electron chi connectivity index (χ0n) is 14.2. The van der Waals surface area contributed by atoms with Gasteiger partial charge in [0, 0.05) is 23.9 Å². The van der Waals surface area contributed by atoms with Gasteiger partial charge in [0.2, 0.25) is 0 Å². The third-order valence-electron chi connectivity index (χ3n) is 4.12. The number of rotatable bonds is 3. The average molecular weight is 362 g/mol. The van der Waals surface area contributed by atoms with Crippen LogP contribution in [0.2, 0.25) is 0 Å². The minimum Gasteiger partial charge on any atom is -0.445 e. The molecule has 1 amide bonds. The summed E-state index contributed by atoms with van der Waals surface area (Å²) in [5.74, 6) is 0.835. The van der Waals surface area contributed by atoms with Gasteiger partial charge in [0.25, 0.3) is 5.91 Å². The number of benzene rings is 1. The zero-order chi connectivity index (χ0) is 18.2. The third-order valence-corrected chi connectivity index (χ3v) is 4.91. The number of anilines is 1. The number of hydrogen-bond donors (Lipinski definition) is 2. The molecular formula is C17H19FN4O2S. The molecule has 1 aliphatic heterocycles. The van der Waals surface area contributed by atoms with Crippen LogP contribution in [0, 0.1) is 19.7 Å². The monoisotopic (exact) mass is 362 g/mol. The van der Waals surface area contributed by atoms with Crippen LogP contribution in [0.4, 0.5) is 10.1 Å². The predicted molar refractivity (Wildman–Crippen MR) is 96.4 cm³/mol. The topological polar surface area (TPSA) is 93.5 Å². The number of oxazole rings is 1. The molecule has 0 bridgehead atoms. The number of nitrogens with two attached hydrogens (primary N) is 1. The lowest BCUT2D eigenvalue weighted by molar-refractivity contribution is 0.102. The molecular weight excluding hydrogens is 343 g/mol. The van der Waals surface area contributed by atoms with Gasteiger partial charge in [-0.1, -0.05) is 11.8 Å². The van der Waals surface area contributed by atoms with E-state index in [-0.39, 0.29) is 11.5 Å². The van der Waals surface area contributed by atoms with Crippen LogP contribution in [0.3, 0.4) is 0 Å². The Morgan fingerprint density at radius 2 is 2.20 bits per heavy atom. The molecule has 0 aliphatic carbocycles. The Hall–Kier alpha value is -2.35. The highest BCUT2D eigenvalue weighted by atomic mass is 32.2. The van der Waals surface area contributed by atoms with Gasteiger partial charge in [-0.05, 0) is 38.5 Å². The molecule has 0 spiro atoms. The van der Waals surface area contributed by atoms with E-state index < -0.39 is 11.4 Å². The van der Waals surface area contributed by atoms with E-state index in [2.05, 4.69) is 15.3 Å². The quantitative estimate of drug-likeness (QED) is 0.873. The van der Waals surface area contributed by atoms with Gasteiger partial charge in [0.1, 0.15) is 11.6 Å². The number of thioether (sulfide) groups is 1. The van der Waals surface area contributed by atoms with Gasteiger partial charge in [-0.15, -0.1) is 0 Å². The summed E-state index contributed by atoms with van der Waals surface area (Å²) in [5.41, 5.74) is 6.15. The standard InChI is InChI=1S/C17H19FN4O2S/c1-9-14(20-10(2)24-9)15(23)21-11-4-5-13(18)12(8-11)17(3)6-7-25-16(19)22-17/h4-5,8H,6-7H2,1-3H3,(H2,19,22)(H,21,23)/t17-/m0/s1. The van der Waals surface area contributed by atoms with Gasteiger partial charge in [0.15, 0.2) is 16.8 Å². The lowest BCUT2D eigenvalue weighted by atomic mass is 9.89. The summed E-state index contributed by atoms with van der Waals surface area (Å²) in [5, 5.41) is 3.18. The highest BCUT2D eigenvalue weighted by Gasteiger charge is 2.32. The molecule has 6 nitrogen and oxygen atoms in total. The summed E-state index contributed by atoms with van der Waals surface area (Å²) in [7, 11) is 0. The van der Waals surface area contributed by atoms with Crippen molar-refractivity contribution in [2.24, 2.45) is 10.7 Å². The first-order valence-electron chi connectivity index (χ1n) is 7.82. The predicted octanol–water partition coefficient (Wildman–Crippen LogP) is 3.35. The Morgan fingerprint density at radius 3 is 2.84 bits per heavy atom. The second-order valence-corrected chi connectivity index (χ2v) is 7.22. The van der Waals surface area contributed by atoms with E-state index in [1.54, 1.807) is 19.9 Å². The van der Waals surface area contributed by atoms with Crippen molar-refractivity contribution in [3.05, 3.63) is 46.9 Å². The first kappa shape index (κ1) is 17.5. The van der Waals surface area contributed by atoms with Crippen LogP contribution in [0.25, 0.3) is 0 Å². The highest BCUT2D eigenvalue weighted by molar-refractivity contribution is 8.13. The highest BCUT2D eigenvalue weighted by Crippen LogP contribution is 2.37. The fourth-order valence-electron chi connectivity index (χ4n) is 2.83. The van der Waals surface area contributed by atoms with Crippen molar-refractivity contribution in [1.82, 2.24) is 4.98 Å². The van der Waals surface area contributed by atoms with Gasteiger partial charge >= 0.3 is 0 Å². The maximum Gasteiger partial charge on any atom is 0.277 e. The molecule has 1 aromatic heterocycles. The molecule has 3 rings (SSSR count). The molecule has 1 aromatic carbocycles. The van der Waals surface area contributed by atoms with E-state index in [9.17, 15) is 9.18 Å². The summed E-state index contributed by atoms with van der Waals surface area (Å²) >= 11 is 1.45. The summed E-state index contributed by atoms with van der Waals surface area (Å²) < 4.78 is 19.7. The summed E-state index contributed by atoms with van der Waals surface area (Å²) in [4.78, 5) is 20.9. The average Bonchev–Trinajstić information content (AvgIpc) is 2.87. The minimum atomic E-state index is -0.749. The van der Waals surface area contributed by atoms with E-state index in [1.165, 1.54) is 23.9 Å². The van der Waals surface area contributed by atoms with Crippen molar-refractivity contribution in [2.75, 3.05) is 11.1 Å². The smallest absolute Gasteiger partial charge is 0.277 e. The number of amidine groups is 1. The number of halogens is 1. The fraction of sp³-hybridized carbons (Fsp3) is 0.353. The Bertz CT molecular complexity index is 864. The molecule has 2 heterocycles. The largest absolute Gasteiger partial charge is 0.445 e. The first-order valence-corrected chi connectivity index (χ1v) is 8.80. The number of carbonyl (C=O) groups excluding carboxylic acids is 1. The summed E-state index contributed by atoms with van der Waals surface area (Å²) in [6, 6.07) is 4.43. The summed E-state index contributed by atoms with van der Waals surface area (Å²) in [6.07, 6.45) is 0.661. The van der Waals surface area contributed by atoms with Crippen LogP contribution < -0.4 is 11.1 Å². The van der Waals surface area contributed by atoms with Crippen LogP contribution >= 0.6 is 11.8 Å². The van der Waals surface area contributed by atoms with Gasteiger partial charge in [-0.3, -0.25) is 9.79 Å². The number of aromatic nitrogens is 1. The van der Waals surface area contributed by atoms with Gasteiger partial charge in [0.05, 0.1) is 5.54 Å². The normalized spacial score (nSPS) is 20.2. The first-order chi connectivity index (χ1) is 11.8. The second kappa shape index (κ2) is 6.51. The lowest BCUT2D eigenvalue weighted by Crippen LogP contribution is -2.29. The van der Waals surface area contributed by atoms with Crippen LogP contribution in [0.15, 0.2) is 27.6 Å². The number of nitrogens with zero attached hydrogens (tertiary/aromatic N) is 2. The minimum absolute atomic E-state index is 0.214. The molecule has 25 heavy (non-hydrogen) atoms. The van der Waals surface area contributed by atoms with E-state index in [4.69, 9.17) is 10.2 Å². The second-order valence-electron chi connectivity index (χ2n) is 6.11. The molecule has 1 aliphatic rings. The van der Waals surface area contributed by atoms with Gasteiger partial charge < -0.3 is 15.5 Å². The molecule has 0 unspecified atom stereocenters. The molecule has 0 fully saturated rings. The Morgan fingerprint density at radius 1 is 1.44 bits per heavy atom. The van der Waals surface area contributed by atoms with Crippen molar-refractivity contribution < 1.29 is 13.6 Å². The van der Waals surface area contributed by atoms with Crippen molar-refractivity contribution in [3.8, 4) is 0 Å². The number of aliphatic imine (C=N–C) groups is 1. The van der Waals surface area contributed by atoms with Crippen molar-refractivity contribution >= 4 is 28.5 Å². The van der Waals surface area contributed by atoms with E-state index in [0.29, 0.717) is 34.5 Å². The lowest BCUT2D eigenvalue weighted by Gasteiger charge is -2.30. The maximum atomic E-state index is 14.4. The number of aryl methyl sites for hydroxylation is 2. The van der Waals surface area contributed by atoms with Crippen LogP contribution in [0.5, 0.6) is 0 Å². The molecule has 3 N–H and O–H groups in total. The van der Waals surface area contributed by atoms with Crippen molar-refractivity contribution in [1.29, 1.82) is 0 Å². The van der Waals surface area contributed by atoms with Crippen LogP contribution in [-0.4, -0.2) is 21.8 Å². The van der Waals surface area contributed by atoms with Crippen LogP contribution in [-0.2, 0) is 5.54 Å². The summed E-state index contributed by atoms with van der Waals surface area (Å²) in [6.45, 7) is 5.18. The Kier molecular flexibility index (Phi) is 4.55. The number of nitrogens with one attached hydrogen (secondary N) is 1. The van der Waals surface area contributed by atoms with Crippen LogP contribution in [0.1, 0.15) is 41.0 Å². The SMILES string of the molecule is Cc1nc(C(=O)Nc2ccc(F)c([C@]3(C)CCSC(N)=N3)c2)c(C)o1. The molecule has 8 heteroatoms. The van der Waals surface area contributed by atoms with Gasteiger partial charge in [-0.25, -0.2) is 9.37 Å². The number of hydrogen-bond acceptors (Lipinski definition) is 6. The molecule has 2 aromatic rings. The van der Waals surface area contributed by atoms with Crippen molar-refractivity contribution in [3.63, 3.8) is 0 Å².